The number of carboxylic acid groups (broad SMARTS) is 1. The average molecular weight is 297 g/mol. The molecule has 116 valence electrons. The number of aromatic nitrogens is 2. The van der Waals surface area contributed by atoms with Gasteiger partial charge in [0.15, 0.2) is 0 Å². The molecule has 0 fully saturated rings. The first-order valence-electron chi connectivity index (χ1n) is 6.40. The summed E-state index contributed by atoms with van der Waals surface area (Å²) in [5, 5.41) is 17.8. The maximum Gasteiger partial charge on any atom is 0.326 e. The largest absolute Gasteiger partial charge is 0.480 e. The van der Waals surface area contributed by atoms with Crippen molar-refractivity contribution in [1.29, 1.82) is 0 Å². The quantitative estimate of drug-likeness (QED) is 0.517. The van der Waals surface area contributed by atoms with Crippen molar-refractivity contribution in [3.05, 3.63) is 17.5 Å². The SMILES string of the molecule is CCc1nn(C)cc1CNC(=O)N[C@H](CC(N)=O)C(=O)O. The predicted octanol–water partition coefficient (Wildman–Crippen LogP) is -0.890. The molecule has 0 radical (unpaired) electrons. The number of aliphatic carboxylic acids is 1. The summed E-state index contributed by atoms with van der Waals surface area (Å²) in [6.07, 6.45) is 2.03. The molecule has 0 aliphatic heterocycles. The molecule has 0 aliphatic rings. The number of nitrogens with zero attached hydrogens (tertiary/aromatic N) is 2. The van der Waals surface area contributed by atoms with Crippen molar-refractivity contribution >= 4 is 17.9 Å². The van der Waals surface area contributed by atoms with Crippen molar-refractivity contribution in [2.75, 3.05) is 0 Å². The summed E-state index contributed by atoms with van der Waals surface area (Å²) in [4.78, 5) is 33.3. The number of carboxylic acids is 1. The van der Waals surface area contributed by atoms with Gasteiger partial charge < -0.3 is 21.5 Å². The minimum Gasteiger partial charge on any atom is -0.480 e. The molecule has 0 unspecified atom stereocenters. The van der Waals surface area contributed by atoms with Gasteiger partial charge in [0.2, 0.25) is 5.91 Å². The van der Waals surface area contributed by atoms with E-state index in [-0.39, 0.29) is 6.54 Å². The van der Waals surface area contributed by atoms with Crippen LogP contribution in [0.2, 0.25) is 0 Å². The number of rotatable bonds is 7. The van der Waals surface area contributed by atoms with Crippen LogP contribution in [-0.4, -0.2) is 38.8 Å². The molecule has 1 heterocycles. The standard InChI is InChI=1S/C12H19N5O4/c1-3-8-7(6-17(2)16-8)5-14-12(21)15-9(11(19)20)4-10(13)18/h6,9H,3-5H2,1-2H3,(H2,13,18)(H,19,20)(H2,14,15,21)/t9-/m1/s1. The lowest BCUT2D eigenvalue weighted by Gasteiger charge is -2.13. The van der Waals surface area contributed by atoms with Crippen LogP contribution in [0.25, 0.3) is 0 Å². The van der Waals surface area contributed by atoms with Crippen LogP contribution in [0.4, 0.5) is 4.79 Å². The second-order valence-corrected chi connectivity index (χ2v) is 4.52. The number of nitrogens with two attached hydrogens (primary N) is 1. The topological polar surface area (TPSA) is 139 Å². The van der Waals surface area contributed by atoms with Crippen molar-refractivity contribution in [3.63, 3.8) is 0 Å². The van der Waals surface area contributed by atoms with Gasteiger partial charge >= 0.3 is 12.0 Å². The Morgan fingerprint density at radius 3 is 2.67 bits per heavy atom. The zero-order valence-electron chi connectivity index (χ0n) is 11.9. The summed E-state index contributed by atoms with van der Waals surface area (Å²) < 4.78 is 1.64. The molecule has 21 heavy (non-hydrogen) atoms. The summed E-state index contributed by atoms with van der Waals surface area (Å²) in [5.74, 6) is -2.12. The van der Waals surface area contributed by atoms with E-state index in [0.29, 0.717) is 0 Å². The molecule has 5 N–H and O–H groups in total. The van der Waals surface area contributed by atoms with Crippen LogP contribution in [-0.2, 0) is 29.6 Å². The van der Waals surface area contributed by atoms with Crippen LogP contribution < -0.4 is 16.4 Å². The van der Waals surface area contributed by atoms with Crippen LogP contribution >= 0.6 is 0 Å². The zero-order valence-corrected chi connectivity index (χ0v) is 11.9. The fourth-order valence-electron chi connectivity index (χ4n) is 1.82. The molecule has 9 heteroatoms. The second-order valence-electron chi connectivity index (χ2n) is 4.52. The number of hydrogen-bond acceptors (Lipinski definition) is 4. The smallest absolute Gasteiger partial charge is 0.326 e. The lowest BCUT2D eigenvalue weighted by atomic mass is 10.2. The van der Waals surface area contributed by atoms with E-state index in [1.165, 1.54) is 0 Å². The molecular weight excluding hydrogens is 278 g/mol. The Labute approximate surface area is 121 Å². The first-order chi connectivity index (χ1) is 9.83. The number of hydrogen-bond donors (Lipinski definition) is 4. The Morgan fingerprint density at radius 2 is 2.14 bits per heavy atom. The molecule has 1 atom stereocenters. The Hall–Kier alpha value is -2.58. The van der Waals surface area contributed by atoms with Crippen LogP contribution in [0.1, 0.15) is 24.6 Å². The Bertz CT molecular complexity index is 540. The number of primary amides is 1. The summed E-state index contributed by atoms with van der Waals surface area (Å²) in [5.41, 5.74) is 6.62. The van der Waals surface area contributed by atoms with Gasteiger partial charge in [-0.05, 0) is 6.42 Å². The highest BCUT2D eigenvalue weighted by atomic mass is 16.4. The van der Waals surface area contributed by atoms with Crippen LogP contribution in [0.5, 0.6) is 0 Å². The Morgan fingerprint density at radius 1 is 1.48 bits per heavy atom. The molecule has 0 aliphatic carbocycles. The lowest BCUT2D eigenvalue weighted by molar-refractivity contribution is -0.140. The summed E-state index contributed by atoms with van der Waals surface area (Å²) in [6, 6.07) is -2.03. The number of carbonyl (C=O) groups is 3. The minimum atomic E-state index is -1.35. The molecule has 1 rings (SSSR count). The first kappa shape index (κ1) is 16.5. The van der Waals surface area contributed by atoms with Gasteiger partial charge in [0.25, 0.3) is 0 Å². The monoisotopic (exact) mass is 297 g/mol. The molecular formula is C12H19N5O4. The summed E-state index contributed by atoms with van der Waals surface area (Å²) in [7, 11) is 1.77. The molecule has 0 spiro atoms. The van der Waals surface area contributed by atoms with Gasteiger partial charge in [-0.3, -0.25) is 9.48 Å². The highest BCUT2D eigenvalue weighted by Crippen LogP contribution is 2.06. The van der Waals surface area contributed by atoms with E-state index in [1.54, 1.807) is 17.9 Å². The fourth-order valence-corrected chi connectivity index (χ4v) is 1.82. The third-order valence-corrected chi connectivity index (χ3v) is 2.77. The van der Waals surface area contributed by atoms with Crippen LogP contribution in [0.3, 0.4) is 0 Å². The van der Waals surface area contributed by atoms with Crippen molar-refractivity contribution in [3.8, 4) is 0 Å². The van der Waals surface area contributed by atoms with E-state index in [0.717, 1.165) is 17.7 Å². The van der Waals surface area contributed by atoms with Gasteiger partial charge in [0.05, 0.1) is 12.1 Å². The Kier molecular flexibility index (Phi) is 5.70. The summed E-state index contributed by atoms with van der Waals surface area (Å²) in [6.45, 7) is 2.16. The molecule has 9 nitrogen and oxygen atoms in total. The fraction of sp³-hybridized carbons (Fsp3) is 0.500. The molecule has 0 aromatic carbocycles. The van der Waals surface area contributed by atoms with Gasteiger partial charge in [-0.1, -0.05) is 6.92 Å². The number of amides is 3. The van der Waals surface area contributed by atoms with E-state index < -0.39 is 30.4 Å². The predicted molar refractivity (Wildman–Crippen MR) is 73.2 cm³/mol. The van der Waals surface area contributed by atoms with E-state index in [4.69, 9.17) is 10.8 Å². The minimum absolute atomic E-state index is 0.214. The molecule has 1 aromatic heterocycles. The average Bonchev–Trinajstić information content (AvgIpc) is 2.75. The number of aryl methyl sites for hydroxylation is 2. The highest BCUT2D eigenvalue weighted by Gasteiger charge is 2.22. The normalized spacial score (nSPS) is 11.7. The van der Waals surface area contributed by atoms with Gasteiger partial charge in [-0.25, -0.2) is 9.59 Å². The molecule has 1 aromatic rings. The van der Waals surface area contributed by atoms with Crippen LogP contribution in [0.15, 0.2) is 6.20 Å². The van der Waals surface area contributed by atoms with E-state index >= 15 is 0 Å². The zero-order chi connectivity index (χ0) is 16.0. The number of nitrogens with one attached hydrogen (secondary N) is 2. The third kappa shape index (κ3) is 5.13. The highest BCUT2D eigenvalue weighted by molar-refractivity contribution is 5.87. The van der Waals surface area contributed by atoms with Gasteiger partial charge in [0, 0.05) is 25.4 Å². The van der Waals surface area contributed by atoms with Gasteiger partial charge in [-0.15, -0.1) is 0 Å². The Balaban J connectivity index is 2.56. The number of urea groups is 1. The molecule has 3 amide bonds. The van der Waals surface area contributed by atoms with Gasteiger partial charge in [0.1, 0.15) is 6.04 Å². The van der Waals surface area contributed by atoms with Crippen molar-refractivity contribution < 1.29 is 19.5 Å². The first-order valence-corrected chi connectivity index (χ1v) is 6.40. The van der Waals surface area contributed by atoms with Crippen molar-refractivity contribution in [1.82, 2.24) is 20.4 Å². The third-order valence-electron chi connectivity index (χ3n) is 2.77. The van der Waals surface area contributed by atoms with Crippen LogP contribution in [0, 0.1) is 0 Å². The van der Waals surface area contributed by atoms with Crippen molar-refractivity contribution in [2.45, 2.75) is 32.4 Å². The van der Waals surface area contributed by atoms with E-state index in [1.807, 2.05) is 6.92 Å². The second kappa shape index (κ2) is 7.27. The maximum atomic E-state index is 11.7. The maximum absolute atomic E-state index is 11.7. The molecule has 0 saturated carbocycles. The molecule has 0 bridgehead atoms. The number of carbonyl (C=O) groups excluding carboxylic acids is 2. The lowest BCUT2D eigenvalue weighted by Crippen LogP contribution is -2.47. The van der Waals surface area contributed by atoms with Crippen molar-refractivity contribution in [2.24, 2.45) is 12.8 Å². The van der Waals surface area contributed by atoms with E-state index in [2.05, 4.69) is 15.7 Å². The molecule has 0 saturated heterocycles. The van der Waals surface area contributed by atoms with E-state index in [9.17, 15) is 14.4 Å². The van der Waals surface area contributed by atoms with Gasteiger partial charge in [-0.2, -0.15) is 5.10 Å². The summed E-state index contributed by atoms with van der Waals surface area (Å²) >= 11 is 0.